The number of anilines is 12. The van der Waals surface area contributed by atoms with Gasteiger partial charge in [-0.2, -0.15) is 17.7 Å². The van der Waals surface area contributed by atoms with Crippen LogP contribution in [-0.4, -0.2) is 61.1 Å². The van der Waals surface area contributed by atoms with Crippen molar-refractivity contribution in [2.45, 2.75) is 47.7 Å². The van der Waals surface area contributed by atoms with Crippen LogP contribution in [0.5, 0.6) is 0 Å². The molecule has 670 valence electrons. The molecule has 1 aromatic heterocycles. The molecule has 26 heteroatoms. The van der Waals surface area contributed by atoms with Gasteiger partial charge in [-0.1, -0.05) is 198 Å². The third kappa shape index (κ3) is 21.6. The van der Waals surface area contributed by atoms with Crippen LogP contribution in [0.1, 0.15) is 70.1 Å². The zero-order chi connectivity index (χ0) is 94.0. The lowest BCUT2D eigenvalue weighted by Crippen LogP contribution is -2.37. The zero-order valence-corrected chi connectivity index (χ0v) is 73.9. The standard InChI is InChI=1S/C44H36BF5N2O2.C37H27BF2N4O2.C28H23BF2N2O2/c1-29-5-17-35(18-6-29)51(36-19-7-30(2)8-20-36)39-25-13-33(14-26-39)42-41(44(46,47)48)43(54-45(49,50)53-42)34-15-27-40(28-16-34)52(37-21-9-31(3)10-22-37)38-23-11-32(4)12-24-38;39-38(40)45-35(28-21-23-33(24-22-28)43(29-13-5-1-6-14-29)30-15-7-2-8-16-30)25-36(46-38)37-41-26-34(27-42-37)44(31-17-9-3-10-18-31)32-19-11-4-12-20-32;1-20-8-6-12-24(16-20)33(25-13-7-9-21(2)17-25)28-15-14-23(19-32-28)27-18-26(34-29(30,31)35-27)22-10-4-3-5-11-22/h5-28H,1-4H3;1-27H;3-19H,1-2H3. The third-order valence-electron chi connectivity index (χ3n) is 22.2. The maximum absolute atomic E-state index is 15.2. The average Bonchev–Trinajstić information content (AvgIpc) is 0.747. The van der Waals surface area contributed by atoms with Crippen LogP contribution in [0.3, 0.4) is 0 Å². The Hall–Kier alpha value is -16.5. The molecular weight excluding hydrogens is 1720 g/mol. The fraction of sp³-hybridized carbons (Fsp3) is 0.0642. The van der Waals surface area contributed by atoms with Crippen LogP contribution in [0.25, 0.3) is 17.3 Å². The summed E-state index contributed by atoms with van der Waals surface area (Å²) in [4.78, 5) is 21.4. The van der Waals surface area contributed by atoms with Gasteiger partial charge in [0.05, 0.1) is 52.4 Å². The third-order valence-corrected chi connectivity index (χ3v) is 22.2. The molecule has 135 heavy (non-hydrogen) atoms. The largest absolute Gasteiger partial charge is 0.995 e. The summed E-state index contributed by atoms with van der Waals surface area (Å²) in [6.07, 6.45) is 6.01. The maximum atomic E-state index is 15.2. The highest BCUT2D eigenvalue weighted by Gasteiger charge is 2.60. The minimum Gasteiger partial charge on any atom is -0.627 e. The molecule has 0 spiro atoms. The van der Waals surface area contributed by atoms with Gasteiger partial charge in [-0.25, -0.2) is 9.97 Å². The first-order valence-corrected chi connectivity index (χ1v) is 43.4. The Labute approximate surface area is 775 Å². The number of aryl methyl sites for hydroxylation is 6. The van der Waals surface area contributed by atoms with Crippen LogP contribution < -0.4 is 24.2 Å². The fourth-order valence-corrected chi connectivity index (χ4v) is 15.7. The van der Waals surface area contributed by atoms with Gasteiger partial charge < -0.3 is 72.8 Å². The highest BCUT2D eigenvalue weighted by molar-refractivity contribution is 6.54. The number of nitrogens with zero attached hydrogens (tertiary/aromatic N) is 8. The Morgan fingerprint density at radius 3 is 1.07 bits per heavy atom. The molecule has 0 atom stereocenters. The molecule has 0 saturated carbocycles. The predicted octanol–water partition coefficient (Wildman–Crippen LogP) is 29.4. The summed E-state index contributed by atoms with van der Waals surface area (Å²) >= 11 is 0. The number of aromatic nitrogens is 2. The summed E-state index contributed by atoms with van der Waals surface area (Å²) < 4.78 is 165. The van der Waals surface area contributed by atoms with Crippen molar-refractivity contribution >= 4 is 142 Å². The molecule has 0 saturated heterocycles. The summed E-state index contributed by atoms with van der Waals surface area (Å²) in [7, 11) is -14.3. The molecule has 5 heterocycles. The van der Waals surface area contributed by atoms with Crippen molar-refractivity contribution in [3.63, 3.8) is 0 Å². The molecule has 14 nitrogen and oxygen atoms in total. The second kappa shape index (κ2) is 39.3. The van der Waals surface area contributed by atoms with E-state index in [1.807, 2.05) is 334 Å². The van der Waals surface area contributed by atoms with E-state index in [2.05, 4.69) is 32.0 Å². The number of rotatable bonds is 19. The van der Waals surface area contributed by atoms with E-state index < -0.39 is 44.6 Å². The van der Waals surface area contributed by atoms with Crippen LogP contribution in [0.15, 0.2) is 429 Å². The van der Waals surface area contributed by atoms with Crippen LogP contribution in [0.2, 0.25) is 0 Å². The molecule has 0 unspecified atom stereocenters. The number of halogens is 9. The van der Waals surface area contributed by atoms with E-state index in [9.17, 15) is 17.3 Å². The van der Waals surface area contributed by atoms with Gasteiger partial charge in [0.25, 0.3) is 5.78 Å². The van der Waals surface area contributed by atoms with Crippen molar-refractivity contribution in [3.05, 3.63) is 485 Å². The average molecular weight is 1810 g/mol. The van der Waals surface area contributed by atoms with Crippen molar-refractivity contribution in [2.24, 2.45) is 4.99 Å². The van der Waals surface area contributed by atoms with Crippen molar-refractivity contribution in [1.82, 2.24) is 14.5 Å². The SMILES string of the molecule is Cc1ccc(N(c2ccc(C)cc2)c2ccc(C3=[O+][B-](F)(F)OC(c4ccc(N(c5ccc(C)cc5)c5ccc(C)cc5)cc4)=C3C(F)(F)F)cc2)cc1.Cc1cccc([N+](=C2C=CC(=C3C=C(c4ccccc4)O[B-](F)(F)O3)C=N2)c2cccc(C)c2)c1.F[B-]1(F)OC(c2ncc(N(c3ccccc3)c3ccccc3)cn2)=CC(c2ccc(N(c3ccccc3)c3ccccc3)cc2)=[O+]1. The monoisotopic (exact) mass is 1810 g/mol. The van der Waals surface area contributed by atoms with Gasteiger partial charge in [0.2, 0.25) is 0 Å². The van der Waals surface area contributed by atoms with Crippen LogP contribution in [0, 0.1) is 41.5 Å². The fourth-order valence-electron chi connectivity index (χ4n) is 15.7. The molecule has 0 radical (unpaired) electrons. The van der Waals surface area contributed by atoms with Crippen molar-refractivity contribution < 1.29 is 66.4 Å². The first-order chi connectivity index (χ1) is 65.2. The van der Waals surface area contributed by atoms with Gasteiger partial charge in [-0.3, -0.25) is 0 Å². The normalized spacial score (nSPS) is 15.0. The van der Waals surface area contributed by atoms with Gasteiger partial charge >= 0.3 is 39.1 Å². The molecule has 4 aliphatic rings. The molecule has 0 bridgehead atoms. The van der Waals surface area contributed by atoms with Gasteiger partial charge in [-0.15, -0.1) is 0 Å². The van der Waals surface area contributed by atoms with E-state index in [4.69, 9.17) is 27.3 Å². The Morgan fingerprint density at radius 2 is 0.681 bits per heavy atom. The Bertz CT molecular complexity index is 6840. The Kier molecular flexibility index (Phi) is 26.3. The molecule has 19 rings (SSSR count). The minimum atomic E-state index is -5.17. The number of dihydropyridines is 1. The second-order valence-corrected chi connectivity index (χ2v) is 32.3. The van der Waals surface area contributed by atoms with Crippen LogP contribution in [0.4, 0.5) is 119 Å². The van der Waals surface area contributed by atoms with E-state index in [-0.39, 0.29) is 40.0 Å². The number of ketones is 2. The number of hydrogen-bond donors (Lipinski definition) is 0. The topological polar surface area (TPSA) is 114 Å². The number of allylic oxidation sites excluding steroid dienone is 5. The predicted molar refractivity (Wildman–Crippen MR) is 525 cm³/mol. The van der Waals surface area contributed by atoms with Crippen LogP contribution >= 0.6 is 0 Å². The molecule has 15 aromatic rings. The number of aliphatic imine (C=N–C) groups is 1. The summed E-state index contributed by atoms with van der Waals surface area (Å²) in [5, 5.41) is 0. The molecule has 0 fully saturated rings. The number of carbonyl (C=O) groups excluding carboxylic acids is 2. The van der Waals surface area contributed by atoms with E-state index in [1.54, 1.807) is 91.4 Å². The molecular formula is C109H86B3F9N8O6. The Morgan fingerprint density at radius 1 is 0.319 bits per heavy atom. The molecule has 0 aliphatic carbocycles. The summed E-state index contributed by atoms with van der Waals surface area (Å²) in [6.45, 7) is 11.9. The molecule has 4 aliphatic heterocycles. The first-order valence-electron chi connectivity index (χ1n) is 43.4. The molecule has 0 N–H and O–H groups in total. The lowest BCUT2D eigenvalue weighted by atomic mass is 9.94. The highest BCUT2D eigenvalue weighted by atomic mass is 19.4. The second-order valence-electron chi connectivity index (χ2n) is 32.3. The van der Waals surface area contributed by atoms with E-state index >= 15 is 21.8 Å². The number of para-hydroxylation sites is 4. The summed E-state index contributed by atoms with van der Waals surface area (Å²) in [5.41, 5.74) is 17.7. The quantitative estimate of drug-likeness (QED) is 0.0336. The highest BCUT2D eigenvalue weighted by Crippen LogP contribution is 2.46. The lowest BCUT2D eigenvalue weighted by molar-refractivity contribution is -0.191. The lowest BCUT2D eigenvalue weighted by Gasteiger charge is -2.35. The van der Waals surface area contributed by atoms with Gasteiger partial charge in [0.15, 0.2) is 17.6 Å². The number of hydrogen-bond acceptors (Lipinski definition) is 10. The minimum absolute atomic E-state index is 0.0109. The van der Waals surface area contributed by atoms with Gasteiger partial charge in [0.1, 0.15) is 22.9 Å². The van der Waals surface area contributed by atoms with Crippen molar-refractivity contribution in [1.29, 1.82) is 0 Å². The molecule has 14 aromatic carbocycles. The number of benzene rings is 14. The van der Waals surface area contributed by atoms with E-state index in [1.165, 1.54) is 36.4 Å². The molecule has 0 amide bonds. The maximum Gasteiger partial charge on any atom is 0.995 e. The van der Waals surface area contributed by atoms with Gasteiger partial charge in [0, 0.05) is 85.8 Å². The summed E-state index contributed by atoms with van der Waals surface area (Å²) in [6, 6.07) is 114. The van der Waals surface area contributed by atoms with E-state index in [0.29, 0.717) is 39.6 Å². The van der Waals surface area contributed by atoms with Crippen molar-refractivity contribution in [3.8, 4) is 0 Å². The van der Waals surface area contributed by atoms with Crippen molar-refractivity contribution in [2.75, 3.05) is 19.6 Å². The smallest absolute Gasteiger partial charge is 0.627 e. The zero-order valence-electron chi connectivity index (χ0n) is 73.9. The number of amidine groups is 1. The van der Waals surface area contributed by atoms with E-state index in [0.717, 1.165) is 95.9 Å². The van der Waals surface area contributed by atoms with Crippen LogP contribution in [-0.2, 0) is 18.6 Å². The Balaban J connectivity index is 0.000000144. The summed E-state index contributed by atoms with van der Waals surface area (Å²) in [5.74, 6) is -1.50. The van der Waals surface area contributed by atoms with Gasteiger partial charge in [-0.05, 0) is 258 Å². The first kappa shape index (κ1) is 90.4. The number of alkyl halides is 3.